The number of anilines is 1. The first kappa shape index (κ1) is 18.8. The molecular weight excluding hydrogens is 388 g/mol. The van der Waals surface area contributed by atoms with Crippen LogP contribution in [-0.4, -0.2) is 20.3 Å². The third-order valence-electron chi connectivity index (χ3n) is 3.59. The summed E-state index contributed by atoms with van der Waals surface area (Å²) in [6.07, 6.45) is 0. The molecule has 138 valence electrons. The predicted molar refractivity (Wildman–Crippen MR) is 105 cm³/mol. The minimum atomic E-state index is -1.75. The molecular formula is C18H15ClN4O3S. The molecule has 1 amide bonds. The second-order valence-corrected chi connectivity index (χ2v) is 6.81. The molecule has 3 rings (SSSR count). The van der Waals surface area contributed by atoms with E-state index in [2.05, 4.69) is 14.9 Å². The number of hydrogen-bond donors (Lipinski definition) is 2. The zero-order valence-electron chi connectivity index (χ0n) is 14.2. The largest absolute Gasteiger partial charge is 0.385 e. The van der Waals surface area contributed by atoms with Gasteiger partial charge in [0, 0.05) is 11.3 Å². The van der Waals surface area contributed by atoms with Gasteiger partial charge in [-0.05, 0) is 37.3 Å². The van der Waals surface area contributed by atoms with E-state index < -0.39 is 17.2 Å². The SMILES string of the molecule is Cc1ccc(OS(=O)Nc2ccc(-c3cc(C(N)=O)c(Cl)nn3)cc2)cc1. The number of rotatable bonds is 6. The first-order chi connectivity index (χ1) is 12.9. The first-order valence-corrected chi connectivity index (χ1v) is 9.24. The van der Waals surface area contributed by atoms with E-state index in [4.69, 9.17) is 21.5 Å². The Morgan fingerprint density at radius 3 is 2.41 bits per heavy atom. The molecule has 0 saturated heterocycles. The van der Waals surface area contributed by atoms with Gasteiger partial charge in [-0.3, -0.25) is 9.52 Å². The molecule has 0 radical (unpaired) electrons. The zero-order chi connectivity index (χ0) is 19.4. The van der Waals surface area contributed by atoms with Crippen LogP contribution in [0.3, 0.4) is 0 Å². The van der Waals surface area contributed by atoms with Gasteiger partial charge in [0.1, 0.15) is 5.75 Å². The van der Waals surface area contributed by atoms with Gasteiger partial charge in [0.05, 0.1) is 11.3 Å². The van der Waals surface area contributed by atoms with Gasteiger partial charge in [-0.2, -0.15) is 4.21 Å². The Kier molecular flexibility index (Phi) is 5.68. The molecule has 27 heavy (non-hydrogen) atoms. The Morgan fingerprint density at radius 1 is 1.11 bits per heavy atom. The third-order valence-corrected chi connectivity index (χ3v) is 4.61. The van der Waals surface area contributed by atoms with Crippen LogP contribution in [0.2, 0.25) is 5.15 Å². The number of amides is 1. The molecule has 1 aromatic heterocycles. The van der Waals surface area contributed by atoms with E-state index in [-0.39, 0.29) is 10.7 Å². The molecule has 2 aromatic carbocycles. The van der Waals surface area contributed by atoms with E-state index in [1.807, 2.05) is 19.1 Å². The molecule has 1 heterocycles. The Labute approximate surface area is 163 Å². The van der Waals surface area contributed by atoms with Gasteiger partial charge in [-0.15, -0.1) is 10.2 Å². The molecule has 0 bridgehead atoms. The second-order valence-electron chi connectivity index (χ2n) is 5.61. The van der Waals surface area contributed by atoms with E-state index in [1.54, 1.807) is 36.4 Å². The fourth-order valence-electron chi connectivity index (χ4n) is 2.20. The van der Waals surface area contributed by atoms with Crippen molar-refractivity contribution in [1.82, 2.24) is 10.2 Å². The van der Waals surface area contributed by atoms with Gasteiger partial charge < -0.3 is 9.92 Å². The molecule has 1 unspecified atom stereocenters. The summed E-state index contributed by atoms with van der Waals surface area (Å²) in [6.45, 7) is 1.96. The molecule has 3 N–H and O–H groups in total. The number of hydrogen-bond acceptors (Lipinski definition) is 5. The summed E-state index contributed by atoms with van der Waals surface area (Å²) < 4.78 is 20.1. The first-order valence-electron chi connectivity index (χ1n) is 7.79. The highest BCUT2D eigenvalue weighted by Crippen LogP contribution is 2.23. The lowest BCUT2D eigenvalue weighted by Gasteiger charge is -2.08. The highest BCUT2D eigenvalue weighted by molar-refractivity contribution is 7.81. The van der Waals surface area contributed by atoms with Crippen LogP contribution in [0.5, 0.6) is 5.75 Å². The van der Waals surface area contributed by atoms with Crippen LogP contribution in [0.25, 0.3) is 11.3 Å². The van der Waals surface area contributed by atoms with Crippen LogP contribution in [-0.2, 0) is 11.3 Å². The molecule has 3 aromatic rings. The molecule has 1 atom stereocenters. The molecule has 0 aliphatic rings. The van der Waals surface area contributed by atoms with Crippen LogP contribution in [0.1, 0.15) is 15.9 Å². The van der Waals surface area contributed by atoms with Crippen molar-refractivity contribution < 1.29 is 13.2 Å². The highest BCUT2D eigenvalue weighted by atomic mass is 35.5. The summed E-state index contributed by atoms with van der Waals surface area (Å²) in [6, 6.07) is 15.6. The minimum Gasteiger partial charge on any atom is -0.385 e. The smallest absolute Gasteiger partial charge is 0.316 e. The Morgan fingerprint density at radius 2 is 1.78 bits per heavy atom. The number of halogens is 1. The van der Waals surface area contributed by atoms with Gasteiger partial charge in [0.2, 0.25) is 0 Å². The van der Waals surface area contributed by atoms with E-state index in [0.717, 1.165) is 5.56 Å². The number of aromatic nitrogens is 2. The van der Waals surface area contributed by atoms with Crippen molar-refractivity contribution in [3.8, 4) is 17.0 Å². The van der Waals surface area contributed by atoms with Crippen LogP contribution >= 0.6 is 11.6 Å². The molecule has 0 fully saturated rings. The van der Waals surface area contributed by atoms with E-state index in [1.165, 1.54) is 6.07 Å². The number of nitrogens with two attached hydrogens (primary N) is 1. The maximum atomic E-state index is 12.1. The normalized spacial score (nSPS) is 11.6. The summed E-state index contributed by atoms with van der Waals surface area (Å²) in [5, 5.41) is 7.63. The fourth-order valence-corrected chi connectivity index (χ4v) is 3.04. The molecule has 0 aliphatic heterocycles. The molecule has 9 heteroatoms. The fraction of sp³-hybridized carbons (Fsp3) is 0.0556. The lowest BCUT2D eigenvalue weighted by Crippen LogP contribution is -2.13. The number of primary amides is 1. The molecule has 0 spiro atoms. The number of benzene rings is 2. The summed E-state index contributed by atoms with van der Waals surface area (Å²) in [5.74, 6) is -0.184. The van der Waals surface area contributed by atoms with Crippen molar-refractivity contribution in [2.75, 3.05) is 4.72 Å². The second kappa shape index (κ2) is 8.15. The van der Waals surface area contributed by atoms with Crippen molar-refractivity contribution >= 4 is 34.5 Å². The van der Waals surface area contributed by atoms with Gasteiger partial charge in [-0.1, -0.05) is 41.4 Å². The van der Waals surface area contributed by atoms with Crippen LogP contribution in [0.4, 0.5) is 5.69 Å². The monoisotopic (exact) mass is 402 g/mol. The number of nitrogens with zero attached hydrogens (tertiary/aromatic N) is 2. The van der Waals surface area contributed by atoms with Crippen LogP contribution in [0.15, 0.2) is 54.6 Å². The minimum absolute atomic E-state index is 0.0480. The summed E-state index contributed by atoms with van der Waals surface area (Å²) in [4.78, 5) is 11.4. The number of aryl methyl sites for hydroxylation is 1. The lowest BCUT2D eigenvalue weighted by molar-refractivity contribution is 0.1000. The zero-order valence-corrected chi connectivity index (χ0v) is 15.8. The quantitative estimate of drug-likeness (QED) is 0.657. The summed E-state index contributed by atoms with van der Waals surface area (Å²) >= 11 is 4.05. The summed E-state index contributed by atoms with van der Waals surface area (Å²) in [5.41, 5.74) is 8.16. The van der Waals surface area contributed by atoms with Crippen molar-refractivity contribution in [2.24, 2.45) is 5.73 Å². The Bertz CT molecular complexity index is 994. The Hall–Kier alpha value is -2.97. The highest BCUT2D eigenvalue weighted by Gasteiger charge is 2.12. The third kappa shape index (κ3) is 4.81. The topological polar surface area (TPSA) is 107 Å². The lowest BCUT2D eigenvalue weighted by atomic mass is 10.1. The van der Waals surface area contributed by atoms with Gasteiger partial charge in [-0.25, -0.2) is 0 Å². The summed E-state index contributed by atoms with van der Waals surface area (Å²) in [7, 11) is 0. The number of carbonyl (C=O) groups excluding carboxylic acids is 1. The maximum Gasteiger partial charge on any atom is 0.316 e. The number of nitrogens with one attached hydrogen (secondary N) is 1. The average Bonchev–Trinajstić information content (AvgIpc) is 2.64. The molecule has 0 aliphatic carbocycles. The maximum absolute atomic E-state index is 12.1. The molecule has 0 saturated carbocycles. The van der Waals surface area contributed by atoms with Gasteiger partial charge in [0.15, 0.2) is 5.15 Å². The van der Waals surface area contributed by atoms with Crippen molar-refractivity contribution in [1.29, 1.82) is 0 Å². The van der Waals surface area contributed by atoms with Gasteiger partial charge >= 0.3 is 11.3 Å². The van der Waals surface area contributed by atoms with Gasteiger partial charge in [0.25, 0.3) is 5.91 Å². The van der Waals surface area contributed by atoms with Crippen LogP contribution < -0.4 is 14.6 Å². The van der Waals surface area contributed by atoms with Crippen LogP contribution in [0, 0.1) is 6.92 Å². The molecule has 7 nitrogen and oxygen atoms in total. The standard InChI is InChI=1S/C18H15ClN4O3S/c1-11-2-8-14(9-3-11)26-27(25)23-13-6-4-12(5-7-13)16-10-15(18(20)24)17(19)22-21-16/h2-10,23H,1H3,(H2,20,24). The van der Waals surface area contributed by atoms with Crippen molar-refractivity contribution in [3.63, 3.8) is 0 Å². The van der Waals surface area contributed by atoms with E-state index in [0.29, 0.717) is 22.7 Å². The van der Waals surface area contributed by atoms with Crippen molar-refractivity contribution in [3.05, 3.63) is 70.9 Å². The van der Waals surface area contributed by atoms with E-state index >= 15 is 0 Å². The van der Waals surface area contributed by atoms with Crippen molar-refractivity contribution in [2.45, 2.75) is 6.92 Å². The van der Waals surface area contributed by atoms with E-state index in [9.17, 15) is 9.00 Å². The Balaban J connectivity index is 1.70. The predicted octanol–water partition coefficient (Wildman–Crippen LogP) is 3.27. The average molecular weight is 403 g/mol. The number of carbonyl (C=O) groups is 1.